The van der Waals surface area contributed by atoms with E-state index in [1.807, 2.05) is 0 Å². The number of methoxy groups -OCH3 is 1. The highest BCUT2D eigenvalue weighted by Crippen LogP contribution is 2.13. The molecule has 0 aliphatic heterocycles. The molecule has 0 amide bonds. The van der Waals surface area contributed by atoms with Crippen LogP contribution in [0.15, 0.2) is 12.0 Å². The van der Waals surface area contributed by atoms with Gasteiger partial charge >= 0.3 is 0 Å². The van der Waals surface area contributed by atoms with Gasteiger partial charge in [0.05, 0.1) is 18.5 Å². The largest absolute Gasteiger partial charge is 0.379 e. The topological polar surface area (TPSA) is 52.6 Å². The maximum absolute atomic E-state index is 11.5. The molecule has 1 atom stereocenters. The maximum Gasteiger partial charge on any atom is 0.173 e. The van der Waals surface area contributed by atoms with Crippen molar-refractivity contribution in [3.8, 4) is 0 Å². The predicted octanol–water partition coefficient (Wildman–Crippen LogP) is 6.84. The Kier molecular flexibility index (Phi) is 20.6. The minimum absolute atomic E-state index is 0.0635. The number of rotatable bonds is 23. The summed E-state index contributed by atoms with van der Waals surface area (Å²) in [6.45, 7) is 6.59. The van der Waals surface area contributed by atoms with Crippen LogP contribution in [0.3, 0.4) is 0 Å². The Morgan fingerprint density at radius 2 is 1.17 bits per heavy atom. The maximum atomic E-state index is 11.5. The van der Waals surface area contributed by atoms with Crippen molar-refractivity contribution in [1.29, 1.82) is 0 Å². The van der Waals surface area contributed by atoms with E-state index in [1.54, 1.807) is 0 Å². The summed E-state index contributed by atoms with van der Waals surface area (Å²) in [5, 5.41) is 0.981. The van der Waals surface area contributed by atoms with Gasteiger partial charge < -0.3 is 9.47 Å². The number of hydrogen-bond donors (Lipinski definition) is 0. The van der Waals surface area contributed by atoms with Gasteiger partial charge in [-0.1, -0.05) is 110 Å². The third kappa shape index (κ3) is 20.7. The first kappa shape index (κ1) is 28.6. The molecule has 1 unspecified atom stereocenters. The minimum Gasteiger partial charge on any atom is -0.379 e. The molecule has 0 heterocycles. The van der Waals surface area contributed by atoms with E-state index in [2.05, 4.69) is 13.5 Å². The van der Waals surface area contributed by atoms with Crippen LogP contribution < -0.4 is 0 Å². The Balaban J connectivity index is 3.28. The predicted molar refractivity (Wildman–Crippen MR) is 125 cm³/mol. The molecule has 0 aromatic rings. The lowest BCUT2D eigenvalue weighted by Crippen LogP contribution is -2.27. The van der Waals surface area contributed by atoms with Crippen LogP contribution in [0.25, 0.3) is 0 Å². The van der Waals surface area contributed by atoms with Crippen molar-refractivity contribution in [2.75, 3.05) is 26.1 Å². The van der Waals surface area contributed by atoms with Crippen LogP contribution >= 0.6 is 0 Å². The summed E-state index contributed by atoms with van der Waals surface area (Å²) in [4.78, 5) is 0. The molecule has 0 aromatic carbocycles. The molecular formula is C24H48O4S. The average Bonchev–Trinajstić information content (AvgIpc) is 2.71. The fourth-order valence-electron chi connectivity index (χ4n) is 3.48. The van der Waals surface area contributed by atoms with Gasteiger partial charge in [-0.3, -0.25) is 0 Å². The number of ether oxygens (including phenoxy) is 2. The number of hydrogen-bond acceptors (Lipinski definition) is 4. The molecular weight excluding hydrogens is 384 g/mol. The van der Waals surface area contributed by atoms with Crippen molar-refractivity contribution in [2.45, 2.75) is 116 Å². The third-order valence-corrected chi connectivity index (χ3v) is 6.80. The van der Waals surface area contributed by atoms with E-state index in [-0.39, 0.29) is 5.75 Å². The van der Waals surface area contributed by atoms with Crippen LogP contribution in [0, 0.1) is 0 Å². The van der Waals surface area contributed by atoms with Gasteiger partial charge in [0.25, 0.3) is 0 Å². The van der Waals surface area contributed by atoms with Crippen LogP contribution in [0.4, 0.5) is 0 Å². The molecule has 0 bridgehead atoms. The lowest BCUT2D eigenvalue weighted by molar-refractivity contribution is 0.0191. The van der Waals surface area contributed by atoms with Gasteiger partial charge in [0.1, 0.15) is 0 Å². The smallest absolute Gasteiger partial charge is 0.173 e. The molecule has 0 N–H and O–H groups in total. The highest BCUT2D eigenvalue weighted by atomic mass is 32.2. The van der Waals surface area contributed by atoms with Gasteiger partial charge in [0, 0.05) is 19.1 Å². The van der Waals surface area contributed by atoms with Crippen LogP contribution in [0.5, 0.6) is 0 Å². The molecule has 0 radical (unpaired) electrons. The molecule has 0 aliphatic rings. The Morgan fingerprint density at radius 1 is 0.759 bits per heavy atom. The monoisotopic (exact) mass is 432 g/mol. The summed E-state index contributed by atoms with van der Waals surface area (Å²) in [7, 11) is -1.73. The molecule has 0 saturated heterocycles. The Morgan fingerprint density at radius 3 is 1.55 bits per heavy atom. The third-order valence-electron chi connectivity index (χ3n) is 5.45. The van der Waals surface area contributed by atoms with E-state index in [0.29, 0.717) is 13.2 Å². The highest BCUT2D eigenvalue weighted by molar-refractivity contribution is 7.94. The molecule has 0 spiro atoms. The van der Waals surface area contributed by atoms with Gasteiger partial charge in [-0.2, -0.15) is 0 Å². The Hall–Kier alpha value is -0.390. The number of sulfone groups is 1. The molecule has 0 fully saturated rings. The van der Waals surface area contributed by atoms with Crippen molar-refractivity contribution >= 4 is 9.84 Å². The van der Waals surface area contributed by atoms with Crippen molar-refractivity contribution in [3.63, 3.8) is 0 Å². The summed E-state index contributed by atoms with van der Waals surface area (Å²) in [6, 6.07) is 0. The summed E-state index contributed by atoms with van der Waals surface area (Å²) in [5.74, 6) is -0.0635. The SMILES string of the molecule is C=CS(=O)(=O)CC(COCCCCCCCCCCCCCCCCCC)OC. The lowest BCUT2D eigenvalue weighted by Gasteiger charge is -2.14. The van der Waals surface area contributed by atoms with Crippen molar-refractivity contribution in [1.82, 2.24) is 0 Å². The van der Waals surface area contributed by atoms with Crippen molar-refractivity contribution in [2.24, 2.45) is 0 Å². The average molecular weight is 433 g/mol. The molecule has 0 aliphatic carbocycles. The minimum atomic E-state index is -3.25. The van der Waals surface area contributed by atoms with E-state index in [1.165, 1.54) is 103 Å². The first-order chi connectivity index (χ1) is 14.1. The molecule has 5 heteroatoms. The van der Waals surface area contributed by atoms with Gasteiger partial charge in [0.2, 0.25) is 0 Å². The van der Waals surface area contributed by atoms with E-state index in [4.69, 9.17) is 9.47 Å². The zero-order valence-corrected chi connectivity index (χ0v) is 20.2. The first-order valence-electron chi connectivity index (χ1n) is 12.0. The molecule has 0 saturated carbocycles. The van der Waals surface area contributed by atoms with E-state index in [0.717, 1.165) is 11.8 Å². The highest BCUT2D eigenvalue weighted by Gasteiger charge is 2.16. The van der Waals surface area contributed by atoms with Crippen LogP contribution in [0.2, 0.25) is 0 Å². The summed E-state index contributed by atoms with van der Waals surface area (Å²) >= 11 is 0. The Labute approximate surface area is 181 Å². The van der Waals surface area contributed by atoms with Gasteiger partial charge in [0.15, 0.2) is 9.84 Å². The summed E-state index contributed by atoms with van der Waals surface area (Å²) in [5.41, 5.74) is 0. The van der Waals surface area contributed by atoms with Crippen LogP contribution in [-0.4, -0.2) is 40.6 Å². The fourth-order valence-corrected chi connectivity index (χ4v) is 4.36. The van der Waals surface area contributed by atoms with E-state index < -0.39 is 15.9 Å². The molecule has 29 heavy (non-hydrogen) atoms. The normalized spacial score (nSPS) is 12.9. The second-order valence-electron chi connectivity index (χ2n) is 8.23. The number of unbranched alkanes of at least 4 members (excludes halogenated alkanes) is 15. The quantitative estimate of drug-likeness (QED) is 0.166. The molecule has 0 rings (SSSR count). The van der Waals surface area contributed by atoms with Crippen molar-refractivity contribution < 1.29 is 17.9 Å². The van der Waals surface area contributed by atoms with Crippen LogP contribution in [0.1, 0.15) is 110 Å². The van der Waals surface area contributed by atoms with Crippen molar-refractivity contribution in [3.05, 3.63) is 12.0 Å². The summed E-state index contributed by atoms with van der Waals surface area (Å²) < 4.78 is 33.8. The molecule has 4 nitrogen and oxygen atoms in total. The Bertz CT molecular complexity index is 448. The van der Waals surface area contributed by atoms with E-state index in [9.17, 15) is 8.42 Å². The van der Waals surface area contributed by atoms with Gasteiger partial charge in [-0.15, -0.1) is 0 Å². The lowest BCUT2D eigenvalue weighted by atomic mass is 10.0. The van der Waals surface area contributed by atoms with Gasteiger partial charge in [-0.05, 0) is 6.42 Å². The van der Waals surface area contributed by atoms with E-state index >= 15 is 0 Å². The fraction of sp³-hybridized carbons (Fsp3) is 0.917. The van der Waals surface area contributed by atoms with Gasteiger partial charge in [-0.25, -0.2) is 8.42 Å². The second kappa shape index (κ2) is 20.9. The second-order valence-corrected chi connectivity index (χ2v) is 10.2. The first-order valence-corrected chi connectivity index (χ1v) is 13.7. The molecule has 174 valence electrons. The zero-order chi connectivity index (χ0) is 21.6. The van der Waals surface area contributed by atoms with Crippen LogP contribution in [-0.2, 0) is 19.3 Å². The molecule has 0 aromatic heterocycles. The standard InChI is InChI=1S/C24H48O4S/c1-4-6-7-8-9-10-11-12-13-14-15-16-17-18-19-20-21-28-22-24(27-3)23-29(25,26)5-2/h5,24H,2,4,6-23H2,1,3H3. The zero-order valence-electron chi connectivity index (χ0n) is 19.3. The summed E-state index contributed by atoms with van der Waals surface area (Å²) in [6.07, 6.45) is 21.2.